The van der Waals surface area contributed by atoms with E-state index in [2.05, 4.69) is 15.1 Å². The average Bonchev–Trinajstić information content (AvgIpc) is 3.46. The third-order valence-corrected chi connectivity index (χ3v) is 7.80. The monoisotopic (exact) mass is 424 g/mol. The van der Waals surface area contributed by atoms with Gasteiger partial charge >= 0.3 is 0 Å². The Bertz CT molecular complexity index is 881. The van der Waals surface area contributed by atoms with Crippen molar-refractivity contribution in [2.24, 2.45) is 11.8 Å². The number of amides is 3. The van der Waals surface area contributed by atoms with E-state index in [9.17, 15) is 14.4 Å². The summed E-state index contributed by atoms with van der Waals surface area (Å²) >= 11 is 0. The molecule has 1 aromatic carbocycles. The van der Waals surface area contributed by atoms with E-state index in [1.54, 1.807) is 13.1 Å². The van der Waals surface area contributed by atoms with Gasteiger partial charge in [0.15, 0.2) is 0 Å². The van der Waals surface area contributed by atoms with Crippen molar-refractivity contribution in [1.82, 2.24) is 15.1 Å². The van der Waals surface area contributed by atoms with E-state index < -0.39 is 0 Å². The maximum absolute atomic E-state index is 12.8. The first-order valence-corrected chi connectivity index (χ1v) is 11.7. The molecule has 0 aromatic heterocycles. The largest absolute Gasteiger partial charge is 0.355 e. The van der Waals surface area contributed by atoms with Gasteiger partial charge in [-0.25, -0.2) is 0 Å². The van der Waals surface area contributed by atoms with Crippen LogP contribution in [0.4, 0.5) is 5.69 Å². The van der Waals surface area contributed by atoms with Crippen molar-refractivity contribution in [3.8, 4) is 0 Å². The fourth-order valence-electron chi connectivity index (χ4n) is 6.10. The van der Waals surface area contributed by atoms with E-state index in [-0.39, 0.29) is 23.8 Å². The lowest BCUT2D eigenvalue weighted by molar-refractivity contribution is -0.132. The smallest absolute Gasteiger partial charge is 0.251 e. The molecular formula is C24H32N4O3. The number of hydrogen-bond donors (Lipinski definition) is 1. The summed E-state index contributed by atoms with van der Waals surface area (Å²) in [7, 11) is 1.61. The summed E-state index contributed by atoms with van der Waals surface area (Å²) < 4.78 is 0. The van der Waals surface area contributed by atoms with E-state index in [0.717, 1.165) is 62.1 Å². The first-order chi connectivity index (χ1) is 15.0. The number of fused-ring (bicyclic) bond motifs is 2. The molecule has 3 aliphatic heterocycles. The van der Waals surface area contributed by atoms with Gasteiger partial charge in [0.25, 0.3) is 5.91 Å². The molecule has 7 nitrogen and oxygen atoms in total. The fraction of sp³-hybridized carbons (Fsp3) is 0.625. The van der Waals surface area contributed by atoms with Crippen LogP contribution in [0.25, 0.3) is 0 Å². The van der Waals surface area contributed by atoms with Gasteiger partial charge in [-0.3, -0.25) is 19.3 Å². The highest BCUT2D eigenvalue weighted by molar-refractivity contribution is 6.03. The Morgan fingerprint density at radius 2 is 1.77 bits per heavy atom. The Kier molecular flexibility index (Phi) is 5.46. The van der Waals surface area contributed by atoms with Gasteiger partial charge in [-0.05, 0) is 61.3 Å². The molecule has 4 aliphatic rings. The van der Waals surface area contributed by atoms with Gasteiger partial charge < -0.3 is 15.1 Å². The highest BCUT2D eigenvalue weighted by Gasteiger charge is 2.39. The Hall–Kier alpha value is -2.41. The quantitative estimate of drug-likeness (QED) is 0.798. The van der Waals surface area contributed by atoms with Crippen LogP contribution < -0.4 is 10.2 Å². The Labute approximate surface area is 183 Å². The standard InChI is InChI=1S/C24H32N4O3/c1-25-24(31)16-5-6-21-19(11-16)12-22(29)28(21)20-7-9-26(10-8-20)15-23(30)27-13-17-3-2-4-18(17)14-27/h5-6,11,17-18,20H,2-4,7-10,12-15H2,1H3,(H,25,31). The minimum absolute atomic E-state index is 0.113. The summed E-state index contributed by atoms with van der Waals surface area (Å²) in [4.78, 5) is 43.7. The van der Waals surface area contributed by atoms with E-state index >= 15 is 0 Å². The van der Waals surface area contributed by atoms with Crippen molar-refractivity contribution in [3.05, 3.63) is 29.3 Å². The van der Waals surface area contributed by atoms with E-state index in [0.29, 0.717) is 18.5 Å². The molecular weight excluding hydrogens is 392 g/mol. The maximum Gasteiger partial charge on any atom is 0.251 e. The van der Waals surface area contributed by atoms with Crippen molar-refractivity contribution in [2.75, 3.05) is 44.7 Å². The van der Waals surface area contributed by atoms with Crippen LogP contribution in [0.2, 0.25) is 0 Å². The third-order valence-electron chi connectivity index (χ3n) is 7.80. The number of hydrogen-bond acceptors (Lipinski definition) is 4. The van der Waals surface area contributed by atoms with Gasteiger partial charge in [0.1, 0.15) is 0 Å². The van der Waals surface area contributed by atoms with Crippen LogP contribution >= 0.6 is 0 Å². The second-order valence-corrected chi connectivity index (χ2v) is 9.62. The predicted octanol–water partition coefficient (Wildman–Crippen LogP) is 1.66. The zero-order chi connectivity index (χ0) is 21.5. The van der Waals surface area contributed by atoms with Crippen LogP contribution in [-0.2, 0) is 16.0 Å². The highest BCUT2D eigenvalue weighted by Crippen LogP contribution is 2.38. The first-order valence-electron chi connectivity index (χ1n) is 11.7. The topological polar surface area (TPSA) is 73.0 Å². The molecule has 1 N–H and O–H groups in total. The molecule has 7 heteroatoms. The lowest BCUT2D eigenvalue weighted by Crippen LogP contribution is -2.49. The molecule has 166 valence electrons. The van der Waals surface area contributed by atoms with Crippen LogP contribution in [0.15, 0.2) is 18.2 Å². The van der Waals surface area contributed by atoms with Gasteiger partial charge in [0.05, 0.1) is 13.0 Å². The molecule has 2 atom stereocenters. The number of rotatable bonds is 4. The van der Waals surface area contributed by atoms with E-state index in [4.69, 9.17) is 0 Å². The molecule has 3 heterocycles. The predicted molar refractivity (Wildman–Crippen MR) is 118 cm³/mol. The van der Waals surface area contributed by atoms with Crippen molar-refractivity contribution in [1.29, 1.82) is 0 Å². The molecule has 0 radical (unpaired) electrons. The summed E-state index contributed by atoms with van der Waals surface area (Å²) in [5.41, 5.74) is 2.47. The Balaban J connectivity index is 1.17. The zero-order valence-electron chi connectivity index (χ0n) is 18.3. The van der Waals surface area contributed by atoms with Crippen molar-refractivity contribution >= 4 is 23.4 Å². The molecule has 3 fully saturated rings. The molecule has 5 rings (SSSR count). The van der Waals surface area contributed by atoms with Crippen molar-refractivity contribution in [2.45, 2.75) is 44.6 Å². The minimum atomic E-state index is -0.131. The molecule has 0 bridgehead atoms. The fourth-order valence-corrected chi connectivity index (χ4v) is 6.10. The number of carbonyl (C=O) groups is 3. The van der Waals surface area contributed by atoms with Gasteiger partial charge in [-0.1, -0.05) is 6.42 Å². The van der Waals surface area contributed by atoms with E-state index in [1.807, 2.05) is 17.0 Å². The number of nitrogens with one attached hydrogen (secondary N) is 1. The summed E-state index contributed by atoms with van der Waals surface area (Å²) in [6.07, 6.45) is 6.01. The lowest BCUT2D eigenvalue weighted by atomic mass is 10.0. The van der Waals surface area contributed by atoms with Crippen molar-refractivity contribution in [3.63, 3.8) is 0 Å². The molecule has 1 aliphatic carbocycles. The first kappa shape index (κ1) is 20.5. The minimum Gasteiger partial charge on any atom is -0.355 e. The number of piperidine rings is 1. The number of anilines is 1. The van der Waals surface area contributed by atoms with Crippen LogP contribution in [0, 0.1) is 11.8 Å². The Morgan fingerprint density at radius 3 is 2.45 bits per heavy atom. The second kappa shape index (κ2) is 8.26. The van der Waals surface area contributed by atoms with Crippen LogP contribution in [0.5, 0.6) is 0 Å². The number of nitrogens with zero attached hydrogens (tertiary/aromatic N) is 3. The number of likely N-dealkylation sites (tertiary alicyclic amines) is 2. The molecule has 31 heavy (non-hydrogen) atoms. The van der Waals surface area contributed by atoms with Gasteiger partial charge in [0.2, 0.25) is 11.8 Å². The number of carbonyl (C=O) groups excluding carboxylic acids is 3. The van der Waals surface area contributed by atoms with E-state index in [1.165, 1.54) is 19.3 Å². The SMILES string of the molecule is CNC(=O)c1ccc2c(c1)CC(=O)N2C1CCN(CC(=O)N2CC3CCCC3C2)CC1. The van der Waals surface area contributed by atoms with Crippen LogP contribution in [-0.4, -0.2) is 73.3 Å². The average molecular weight is 425 g/mol. The molecule has 0 spiro atoms. The number of benzene rings is 1. The lowest BCUT2D eigenvalue weighted by Gasteiger charge is -2.37. The molecule has 1 aromatic rings. The zero-order valence-corrected chi connectivity index (χ0v) is 18.3. The van der Waals surface area contributed by atoms with Crippen LogP contribution in [0.1, 0.15) is 48.0 Å². The van der Waals surface area contributed by atoms with Crippen molar-refractivity contribution < 1.29 is 14.4 Å². The molecule has 3 amide bonds. The van der Waals surface area contributed by atoms with Gasteiger partial charge in [-0.2, -0.15) is 0 Å². The van der Waals surface area contributed by atoms with Gasteiger partial charge in [0, 0.05) is 50.5 Å². The normalized spacial score (nSPS) is 26.3. The summed E-state index contributed by atoms with van der Waals surface area (Å²) in [5, 5.41) is 2.64. The maximum atomic E-state index is 12.8. The summed E-state index contributed by atoms with van der Waals surface area (Å²) in [6, 6.07) is 5.70. The molecule has 2 saturated heterocycles. The highest BCUT2D eigenvalue weighted by atomic mass is 16.2. The molecule has 1 saturated carbocycles. The van der Waals surface area contributed by atoms with Crippen LogP contribution in [0.3, 0.4) is 0 Å². The Morgan fingerprint density at radius 1 is 1.06 bits per heavy atom. The summed E-state index contributed by atoms with van der Waals surface area (Å²) in [6.45, 7) is 4.10. The second-order valence-electron chi connectivity index (χ2n) is 9.62. The third kappa shape index (κ3) is 3.84. The summed E-state index contributed by atoms with van der Waals surface area (Å²) in [5.74, 6) is 1.73. The molecule has 2 unspecified atom stereocenters. The van der Waals surface area contributed by atoms with Gasteiger partial charge in [-0.15, -0.1) is 0 Å².